The second kappa shape index (κ2) is 13.5. The number of rotatable bonds is 3. The lowest BCUT2D eigenvalue weighted by Gasteiger charge is -2.39. The van der Waals surface area contributed by atoms with Gasteiger partial charge in [-0.3, -0.25) is 19.1 Å². The first-order valence-electron chi connectivity index (χ1n) is 15.4. The van der Waals surface area contributed by atoms with Crippen molar-refractivity contribution in [1.82, 2.24) is 25.3 Å². The van der Waals surface area contributed by atoms with Gasteiger partial charge in [0.05, 0.1) is 24.4 Å². The van der Waals surface area contributed by atoms with Crippen molar-refractivity contribution in [2.75, 3.05) is 26.8 Å². The molecule has 0 saturated carbocycles. The van der Waals surface area contributed by atoms with E-state index in [1.54, 1.807) is 58.1 Å². The topological polar surface area (TPSA) is 124 Å². The number of nitrogens with zero attached hydrogens (tertiary/aromatic N) is 3. The minimum Gasteiger partial charge on any atom is -0.496 e. The highest BCUT2D eigenvalue weighted by Crippen LogP contribution is 2.29. The van der Waals surface area contributed by atoms with E-state index in [1.165, 1.54) is 19.2 Å². The minimum atomic E-state index is -0.691. The Bertz CT molecular complexity index is 1820. The molecule has 2 N–H and O–H groups in total. The van der Waals surface area contributed by atoms with Crippen LogP contribution in [-0.2, 0) is 22.7 Å². The molecule has 4 aromatic rings. The van der Waals surface area contributed by atoms with Crippen molar-refractivity contribution < 1.29 is 33.0 Å². The predicted molar refractivity (Wildman–Crippen MR) is 171 cm³/mol. The fraction of sp³-hybridized carbons (Fsp3) is 0.314. The van der Waals surface area contributed by atoms with Gasteiger partial charge in [-0.2, -0.15) is 5.10 Å². The zero-order valence-electron chi connectivity index (χ0n) is 26.4. The average molecular weight is 642 g/mol. The molecule has 0 aliphatic carbocycles. The Morgan fingerprint density at radius 2 is 1.87 bits per heavy atom. The number of carbonyl (C=O) groups is 3. The summed E-state index contributed by atoms with van der Waals surface area (Å²) in [5.41, 5.74) is 3.53. The number of aryl methyl sites for hydroxylation is 2. The van der Waals surface area contributed by atoms with Crippen molar-refractivity contribution in [3.63, 3.8) is 0 Å². The fourth-order valence-electron chi connectivity index (χ4n) is 5.90. The Balaban J connectivity index is 1.33. The Morgan fingerprint density at radius 3 is 2.66 bits per heavy atom. The van der Waals surface area contributed by atoms with Crippen molar-refractivity contribution in [3.05, 3.63) is 95.1 Å². The molecule has 47 heavy (non-hydrogen) atoms. The second-order valence-corrected chi connectivity index (χ2v) is 11.7. The number of methoxy groups -OCH3 is 1. The van der Waals surface area contributed by atoms with Crippen LogP contribution in [0.2, 0.25) is 0 Å². The van der Waals surface area contributed by atoms with Crippen molar-refractivity contribution in [2.24, 2.45) is 0 Å². The summed E-state index contributed by atoms with van der Waals surface area (Å²) in [4.78, 5) is 41.4. The molecular weight excluding hydrogens is 605 g/mol. The first-order chi connectivity index (χ1) is 22.7. The van der Waals surface area contributed by atoms with Crippen molar-refractivity contribution in [2.45, 2.75) is 45.5 Å². The SMILES string of the molecule is COc1cc2ccc1CNC(=O)COc1cccc(c1)-c1ccc(F)c(c1)C(=O)N[C@@H]1CN(C(=O)Cn3nc(C)cc3C)CC[C@@H]1O2. The monoisotopic (exact) mass is 641 g/mol. The van der Waals surface area contributed by atoms with Crippen LogP contribution < -0.4 is 24.8 Å². The van der Waals surface area contributed by atoms with Crippen LogP contribution in [0.1, 0.15) is 33.7 Å². The lowest BCUT2D eigenvalue weighted by atomic mass is 9.99. The van der Waals surface area contributed by atoms with Gasteiger partial charge in [-0.05, 0) is 67.4 Å². The van der Waals surface area contributed by atoms with Gasteiger partial charge in [0, 0.05) is 43.4 Å². The smallest absolute Gasteiger partial charge is 0.258 e. The number of aromatic nitrogens is 2. The van der Waals surface area contributed by atoms with E-state index < -0.39 is 23.9 Å². The molecule has 0 unspecified atom stereocenters. The van der Waals surface area contributed by atoms with Crippen LogP contribution >= 0.6 is 0 Å². The molecule has 0 spiro atoms. The summed E-state index contributed by atoms with van der Waals surface area (Å²) in [5.74, 6) is -0.383. The normalized spacial score (nSPS) is 18.3. The summed E-state index contributed by atoms with van der Waals surface area (Å²) in [6.07, 6.45) is -0.138. The Morgan fingerprint density at radius 1 is 1.04 bits per heavy atom. The van der Waals surface area contributed by atoms with Gasteiger partial charge < -0.3 is 29.7 Å². The Kier molecular flexibility index (Phi) is 9.10. The Hall–Kier alpha value is -5.39. The molecule has 1 fully saturated rings. The number of amides is 3. The first kappa shape index (κ1) is 31.6. The molecule has 3 aliphatic rings. The van der Waals surface area contributed by atoms with Crippen molar-refractivity contribution in [3.8, 4) is 28.4 Å². The molecule has 3 amide bonds. The van der Waals surface area contributed by atoms with E-state index >= 15 is 4.39 Å². The molecule has 12 heteroatoms. The molecule has 2 atom stereocenters. The number of piperidine rings is 1. The third-order valence-electron chi connectivity index (χ3n) is 8.38. The third kappa shape index (κ3) is 7.21. The van der Waals surface area contributed by atoms with E-state index in [4.69, 9.17) is 14.2 Å². The minimum absolute atomic E-state index is 0.0561. The highest BCUT2D eigenvalue weighted by Gasteiger charge is 2.35. The molecular formula is C35H36FN5O6. The maximum absolute atomic E-state index is 15.2. The summed E-state index contributed by atoms with van der Waals surface area (Å²) >= 11 is 0. The molecule has 244 valence electrons. The molecule has 7 rings (SSSR count). The first-order valence-corrected chi connectivity index (χ1v) is 15.4. The third-order valence-corrected chi connectivity index (χ3v) is 8.38. The summed E-state index contributed by atoms with van der Waals surface area (Å²) in [6, 6.07) is 17.8. The molecule has 11 nitrogen and oxygen atoms in total. The van der Waals surface area contributed by atoms with Gasteiger partial charge in [0.15, 0.2) is 6.61 Å². The second-order valence-electron chi connectivity index (χ2n) is 11.7. The maximum atomic E-state index is 15.2. The number of carbonyl (C=O) groups excluding carboxylic acids is 3. The largest absolute Gasteiger partial charge is 0.496 e. The average Bonchev–Trinajstić information content (AvgIpc) is 3.39. The maximum Gasteiger partial charge on any atom is 0.258 e. The van der Waals surface area contributed by atoms with Crippen molar-refractivity contribution >= 4 is 17.7 Å². The van der Waals surface area contributed by atoms with E-state index in [0.29, 0.717) is 41.3 Å². The van der Waals surface area contributed by atoms with Crippen LogP contribution in [-0.4, -0.2) is 71.4 Å². The summed E-state index contributed by atoms with van der Waals surface area (Å²) in [6.45, 7) is 4.34. The zero-order chi connectivity index (χ0) is 33.1. The quantitative estimate of drug-likeness (QED) is 0.349. The van der Waals surface area contributed by atoms with Crippen LogP contribution in [0.25, 0.3) is 11.1 Å². The van der Waals surface area contributed by atoms with Gasteiger partial charge >= 0.3 is 0 Å². The van der Waals surface area contributed by atoms with Crippen LogP contribution in [0.15, 0.2) is 66.7 Å². The number of ether oxygens (including phenoxy) is 3. The predicted octanol–water partition coefficient (Wildman–Crippen LogP) is 3.80. The van der Waals surface area contributed by atoms with Gasteiger partial charge in [0.2, 0.25) is 5.91 Å². The van der Waals surface area contributed by atoms with E-state index in [-0.39, 0.29) is 43.6 Å². The van der Waals surface area contributed by atoms with E-state index in [0.717, 1.165) is 17.0 Å². The summed E-state index contributed by atoms with van der Waals surface area (Å²) in [7, 11) is 1.53. The van der Waals surface area contributed by atoms with Gasteiger partial charge in [-0.25, -0.2) is 4.39 Å². The number of nitrogens with one attached hydrogen (secondary N) is 2. The molecule has 6 bridgehead atoms. The highest BCUT2D eigenvalue weighted by molar-refractivity contribution is 5.96. The number of benzene rings is 3. The number of hydrogen-bond acceptors (Lipinski definition) is 7. The molecule has 3 aliphatic heterocycles. The van der Waals surface area contributed by atoms with Crippen LogP contribution in [0.4, 0.5) is 4.39 Å². The standard InChI is InChI=1S/C35H36FN5O6/c1-21-13-22(2)41(39-21)19-34(43)40-12-11-31-30(18-40)38-35(44)28-15-24(8-10-29(28)36)23-5-4-6-26(14-23)46-20-33(42)37-17-25-7-9-27(47-31)16-32(25)45-3/h4-10,13-16,30-31H,11-12,17-20H2,1-3H3,(H,37,42)(H,38,44)/t30-,31+/m1/s1. The number of halogens is 1. The highest BCUT2D eigenvalue weighted by atomic mass is 19.1. The number of hydrogen-bond donors (Lipinski definition) is 2. The molecule has 4 heterocycles. The zero-order valence-corrected chi connectivity index (χ0v) is 26.4. The number of likely N-dealkylation sites (tertiary alicyclic amines) is 1. The van der Waals surface area contributed by atoms with Gasteiger partial charge in [-0.1, -0.05) is 18.2 Å². The number of fused-ring (bicyclic) bond motifs is 7. The van der Waals surface area contributed by atoms with Gasteiger partial charge in [-0.15, -0.1) is 0 Å². The lowest BCUT2D eigenvalue weighted by Crippen LogP contribution is -2.58. The Labute approximate surface area is 271 Å². The van der Waals surface area contributed by atoms with Gasteiger partial charge in [0.1, 0.15) is 35.7 Å². The lowest BCUT2D eigenvalue weighted by molar-refractivity contribution is -0.134. The molecule has 0 radical (unpaired) electrons. The van der Waals surface area contributed by atoms with Crippen LogP contribution in [0, 0.1) is 19.7 Å². The van der Waals surface area contributed by atoms with Crippen LogP contribution in [0.3, 0.4) is 0 Å². The fourth-order valence-corrected chi connectivity index (χ4v) is 5.90. The van der Waals surface area contributed by atoms with E-state index in [9.17, 15) is 14.4 Å². The molecule has 1 aromatic heterocycles. The van der Waals surface area contributed by atoms with Crippen LogP contribution in [0.5, 0.6) is 17.2 Å². The summed E-state index contributed by atoms with van der Waals surface area (Å²) in [5, 5.41) is 10.2. The van der Waals surface area contributed by atoms with Crippen molar-refractivity contribution in [1.29, 1.82) is 0 Å². The van der Waals surface area contributed by atoms with E-state index in [2.05, 4.69) is 15.7 Å². The van der Waals surface area contributed by atoms with E-state index in [1.807, 2.05) is 19.9 Å². The molecule has 1 saturated heterocycles. The van der Waals surface area contributed by atoms with Gasteiger partial charge in [0.25, 0.3) is 11.8 Å². The molecule has 3 aromatic carbocycles. The summed E-state index contributed by atoms with van der Waals surface area (Å²) < 4.78 is 34.6.